The molecule has 0 saturated carbocycles. The Bertz CT molecular complexity index is 325. The zero-order valence-electron chi connectivity index (χ0n) is 11.9. The Kier molecular flexibility index (Phi) is 6.58. The van der Waals surface area contributed by atoms with Crippen molar-refractivity contribution in [3.8, 4) is 5.75 Å². The number of nitrogens with zero attached hydrogens (tertiary/aromatic N) is 1. The summed E-state index contributed by atoms with van der Waals surface area (Å²) in [6, 6.07) is 7.87. The highest BCUT2D eigenvalue weighted by atomic mass is 32.1. The van der Waals surface area contributed by atoms with Gasteiger partial charge in [-0.1, -0.05) is 0 Å². The molecule has 0 heterocycles. The number of ether oxygens (including phenoxy) is 1. The van der Waals surface area contributed by atoms with Crippen LogP contribution in [0.15, 0.2) is 29.2 Å². The van der Waals surface area contributed by atoms with Crippen LogP contribution in [0, 0.1) is 0 Å². The summed E-state index contributed by atoms with van der Waals surface area (Å²) in [5.74, 6) is 0.940. The number of benzene rings is 1. The largest absolute Gasteiger partial charge is 0.493 e. The first-order chi connectivity index (χ1) is 8.65. The molecule has 3 heteroatoms. The average molecular weight is 268 g/mol. The molecule has 0 aliphatic carbocycles. The molecule has 102 valence electrons. The summed E-state index contributed by atoms with van der Waals surface area (Å²) in [6.45, 7) is 12.5. The maximum Gasteiger partial charge on any atom is 0.119 e. The van der Waals surface area contributed by atoms with Crippen molar-refractivity contribution in [3.05, 3.63) is 24.3 Å². The SMILES string of the molecule is CC[N+](CC)(CC)CCCOc1ccc(S)cc1. The minimum Gasteiger partial charge on any atom is -0.493 e. The zero-order valence-corrected chi connectivity index (χ0v) is 12.7. The zero-order chi connectivity index (χ0) is 13.4. The van der Waals surface area contributed by atoms with Crippen LogP contribution in [0.3, 0.4) is 0 Å². The van der Waals surface area contributed by atoms with Gasteiger partial charge < -0.3 is 9.22 Å². The quantitative estimate of drug-likeness (QED) is 0.430. The fourth-order valence-electron chi connectivity index (χ4n) is 2.28. The minimum atomic E-state index is 0.798. The lowest BCUT2D eigenvalue weighted by Crippen LogP contribution is -2.48. The molecule has 1 aromatic rings. The van der Waals surface area contributed by atoms with Crippen molar-refractivity contribution in [1.82, 2.24) is 0 Å². The average Bonchev–Trinajstić information content (AvgIpc) is 2.42. The summed E-state index contributed by atoms with van der Waals surface area (Å²) >= 11 is 4.26. The Hall–Kier alpha value is -0.670. The van der Waals surface area contributed by atoms with E-state index in [-0.39, 0.29) is 0 Å². The van der Waals surface area contributed by atoms with Crippen molar-refractivity contribution >= 4 is 12.6 Å². The molecule has 0 radical (unpaired) electrons. The molecule has 0 saturated heterocycles. The standard InChI is InChI=1S/C15H25NOS/c1-4-16(5-2,6-3)12-7-13-17-14-8-10-15(18)11-9-14/h8-11H,4-7,12-13H2,1-3H3/p+1. The van der Waals surface area contributed by atoms with E-state index in [1.165, 1.54) is 30.7 Å². The molecule has 0 aromatic heterocycles. The third kappa shape index (κ3) is 4.54. The second kappa shape index (κ2) is 7.70. The van der Waals surface area contributed by atoms with Gasteiger partial charge in [-0.15, -0.1) is 12.6 Å². The molecule has 0 unspecified atom stereocenters. The summed E-state index contributed by atoms with van der Waals surface area (Å²) in [4.78, 5) is 0.973. The molecule has 0 aliphatic heterocycles. The van der Waals surface area contributed by atoms with Gasteiger partial charge in [0.05, 0.1) is 32.8 Å². The van der Waals surface area contributed by atoms with Gasteiger partial charge in [0, 0.05) is 11.3 Å². The van der Waals surface area contributed by atoms with E-state index in [1.807, 2.05) is 24.3 Å². The van der Waals surface area contributed by atoms with Crippen molar-refractivity contribution in [1.29, 1.82) is 0 Å². The molecule has 0 amide bonds. The highest BCUT2D eigenvalue weighted by molar-refractivity contribution is 7.80. The predicted molar refractivity (Wildman–Crippen MR) is 80.6 cm³/mol. The van der Waals surface area contributed by atoms with Crippen molar-refractivity contribution < 1.29 is 9.22 Å². The Balaban J connectivity index is 2.31. The molecule has 1 aromatic carbocycles. The summed E-state index contributed by atoms with van der Waals surface area (Å²) in [6.07, 6.45) is 1.11. The molecular formula is C15H26NOS+. The smallest absolute Gasteiger partial charge is 0.119 e. The van der Waals surface area contributed by atoms with Crippen LogP contribution >= 0.6 is 12.6 Å². The molecule has 0 spiro atoms. The van der Waals surface area contributed by atoms with Gasteiger partial charge in [0.1, 0.15) is 5.75 Å². The summed E-state index contributed by atoms with van der Waals surface area (Å²) < 4.78 is 6.94. The first-order valence-corrected chi connectivity index (χ1v) is 7.37. The lowest BCUT2D eigenvalue weighted by atomic mass is 10.3. The maximum absolute atomic E-state index is 5.75. The maximum atomic E-state index is 5.75. The molecule has 2 nitrogen and oxygen atoms in total. The highest BCUT2D eigenvalue weighted by Crippen LogP contribution is 2.15. The number of thiol groups is 1. The number of quaternary nitrogens is 1. The first-order valence-electron chi connectivity index (χ1n) is 6.92. The first kappa shape index (κ1) is 15.4. The summed E-state index contributed by atoms with van der Waals surface area (Å²) in [7, 11) is 0. The lowest BCUT2D eigenvalue weighted by Gasteiger charge is -2.35. The summed E-state index contributed by atoms with van der Waals surface area (Å²) in [5.41, 5.74) is 0. The monoisotopic (exact) mass is 268 g/mol. The van der Waals surface area contributed by atoms with E-state index in [2.05, 4.69) is 33.4 Å². The van der Waals surface area contributed by atoms with Gasteiger partial charge in [-0.2, -0.15) is 0 Å². The van der Waals surface area contributed by atoms with Crippen LogP contribution in [-0.2, 0) is 0 Å². The van der Waals surface area contributed by atoms with E-state index >= 15 is 0 Å². The van der Waals surface area contributed by atoms with Crippen LogP contribution in [-0.4, -0.2) is 37.3 Å². The Morgan fingerprint density at radius 3 is 2.06 bits per heavy atom. The molecule has 0 aliphatic rings. The van der Waals surface area contributed by atoms with E-state index in [0.717, 1.165) is 23.7 Å². The predicted octanol–water partition coefficient (Wildman–Crippen LogP) is 3.62. The number of hydrogen-bond acceptors (Lipinski definition) is 2. The van der Waals surface area contributed by atoms with E-state index in [0.29, 0.717) is 0 Å². The summed E-state index contributed by atoms with van der Waals surface area (Å²) in [5, 5.41) is 0. The minimum absolute atomic E-state index is 0.798. The Labute approximate surface area is 117 Å². The van der Waals surface area contributed by atoms with Crippen LogP contribution < -0.4 is 4.74 Å². The molecule has 0 bridgehead atoms. The van der Waals surface area contributed by atoms with Crippen LogP contribution in [0.1, 0.15) is 27.2 Å². The molecule has 0 atom stereocenters. The van der Waals surface area contributed by atoms with Gasteiger partial charge in [0.15, 0.2) is 0 Å². The van der Waals surface area contributed by atoms with Crippen molar-refractivity contribution in [2.24, 2.45) is 0 Å². The normalized spacial score (nSPS) is 11.6. The van der Waals surface area contributed by atoms with Gasteiger partial charge >= 0.3 is 0 Å². The number of hydrogen-bond donors (Lipinski definition) is 1. The number of rotatable bonds is 8. The topological polar surface area (TPSA) is 9.23 Å². The van der Waals surface area contributed by atoms with Crippen molar-refractivity contribution in [2.45, 2.75) is 32.1 Å². The fraction of sp³-hybridized carbons (Fsp3) is 0.600. The molecular weight excluding hydrogens is 242 g/mol. The Morgan fingerprint density at radius 2 is 1.56 bits per heavy atom. The third-order valence-corrected chi connectivity index (χ3v) is 4.19. The second-order valence-electron chi connectivity index (χ2n) is 4.71. The molecule has 0 N–H and O–H groups in total. The van der Waals surface area contributed by atoms with E-state index in [9.17, 15) is 0 Å². The molecule has 18 heavy (non-hydrogen) atoms. The Morgan fingerprint density at radius 1 is 1.00 bits per heavy atom. The third-order valence-electron chi connectivity index (χ3n) is 3.89. The van der Waals surface area contributed by atoms with Gasteiger partial charge in [0.2, 0.25) is 0 Å². The van der Waals surface area contributed by atoms with Gasteiger partial charge in [-0.3, -0.25) is 0 Å². The molecule has 1 rings (SSSR count). The lowest BCUT2D eigenvalue weighted by molar-refractivity contribution is -0.923. The van der Waals surface area contributed by atoms with E-state index < -0.39 is 0 Å². The van der Waals surface area contributed by atoms with Crippen molar-refractivity contribution in [2.75, 3.05) is 32.8 Å². The second-order valence-corrected chi connectivity index (χ2v) is 5.23. The van der Waals surface area contributed by atoms with Gasteiger partial charge in [0.25, 0.3) is 0 Å². The van der Waals surface area contributed by atoms with Gasteiger partial charge in [-0.05, 0) is 45.0 Å². The fourth-order valence-corrected chi connectivity index (χ4v) is 2.43. The van der Waals surface area contributed by atoms with Crippen LogP contribution in [0.25, 0.3) is 0 Å². The highest BCUT2D eigenvalue weighted by Gasteiger charge is 2.19. The van der Waals surface area contributed by atoms with E-state index in [4.69, 9.17) is 4.74 Å². The molecule has 0 fully saturated rings. The van der Waals surface area contributed by atoms with Crippen molar-refractivity contribution in [3.63, 3.8) is 0 Å². The van der Waals surface area contributed by atoms with Crippen LogP contribution in [0.5, 0.6) is 5.75 Å². The van der Waals surface area contributed by atoms with Crippen LogP contribution in [0.4, 0.5) is 0 Å². The van der Waals surface area contributed by atoms with E-state index in [1.54, 1.807) is 0 Å². The van der Waals surface area contributed by atoms with Crippen LogP contribution in [0.2, 0.25) is 0 Å². The van der Waals surface area contributed by atoms with Gasteiger partial charge in [-0.25, -0.2) is 0 Å².